The van der Waals surface area contributed by atoms with E-state index in [1.54, 1.807) is 31.7 Å². The second-order valence-corrected chi connectivity index (χ2v) is 11.8. The van der Waals surface area contributed by atoms with E-state index in [-0.39, 0.29) is 23.8 Å². The van der Waals surface area contributed by atoms with Crippen LogP contribution in [0.5, 0.6) is 0 Å². The fraction of sp³-hybridized carbons (Fsp3) is 0.400. The molecular formula is C35H45N3O4. The largest absolute Gasteiger partial charge is 0.444 e. The van der Waals surface area contributed by atoms with Gasteiger partial charge in [0.1, 0.15) is 17.7 Å². The first-order chi connectivity index (χ1) is 19.9. The van der Waals surface area contributed by atoms with E-state index in [9.17, 15) is 14.4 Å². The highest BCUT2D eigenvalue weighted by molar-refractivity contribution is 6.00. The van der Waals surface area contributed by atoms with Crippen LogP contribution in [0.4, 0.5) is 10.5 Å². The number of alkyl carbamates (subject to hydrolysis) is 1. The van der Waals surface area contributed by atoms with Crippen LogP contribution in [-0.2, 0) is 14.3 Å². The summed E-state index contributed by atoms with van der Waals surface area (Å²) in [5.74, 6) is -0.896. The molecule has 0 aliphatic heterocycles. The van der Waals surface area contributed by atoms with E-state index in [4.69, 9.17) is 4.74 Å². The lowest BCUT2D eigenvalue weighted by Crippen LogP contribution is -2.56. The highest BCUT2D eigenvalue weighted by Crippen LogP contribution is 2.30. The molecule has 0 heterocycles. The molecule has 3 rings (SSSR count). The van der Waals surface area contributed by atoms with Gasteiger partial charge in [0, 0.05) is 11.7 Å². The van der Waals surface area contributed by atoms with Gasteiger partial charge in [-0.1, -0.05) is 88.4 Å². The molecule has 3 aromatic carbocycles. The predicted molar refractivity (Wildman–Crippen MR) is 171 cm³/mol. The van der Waals surface area contributed by atoms with Crippen molar-refractivity contribution in [3.8, 4) is 0 Å². The Morgan fingerprint density at radius 1 is 0.929 bits per heavy atom. The Bertz CT molecular complexity index is 1410. The number of nitrogens with zero attached hydrogens (tertiary/aromatic N) is 1. The van der Waals surface area contributed by atoms with E-state index in [1.807, 2.05) is 94.4 Å². The average molecular weight is 572 g/mol. The van der Waals surface area contributed by atoms with Gasteiger partial charge in [-0.05, 0) is 80.1 Å². The molecule has 224 valence electrons. The fourth-order valence-electron chi connectivity index (χ4n) is 4.85. The Hall–Kier alpha value is -4.13. The molecule has 0 saturated heterocycles. The molecule has 7 heteroatoms. The number of amides is 3. The Labute approximate surface area is 250 Å². The summed E-state index contributed by atoms with van der Waals surface area (Å²) in [6, 6.07) is 19.0. The molecule has 0 aromatic heterocycles. The number of anilines is 1. The zero-order valence-corrected chi connectivity index (χ0v) is 25.9. The summed E-state index contributed by atoms with van der Waals surface area (Å²) in [5.41, 5.74) is 1.39. The quantitative estimate of drug-likeness (QED) is 0.247. The van der Waals surface area contributed by atoms with Gasteiger partial charge < -0.3 is 20.3 Å². The van der Waals surface area contributed by atoms with E-state index in [0.717, 1.165) is 16.3 Å². The van der Waals surface area contributed by atoms with Crippen LogP contribution in [0.15, 0.2) is 73.3 Å². The summed E-state index contributed by atoms with van der Waals surface area (Å²) in [6.45, 7) is 17.0. The third kappa shape index (κ3) is 8.21. The lowest BCUT2D eigenvalue weighted by molar-refractivity contribution is -0.144. The summed E-state index contributed by atoms with van der Waals surface area (Å²) in [6.07, 6.45) is 2.28. The van der Waals surface area contributed by atoms with Gasteiger partial charge in [0.25, 0.3) is 5.91 Å². The van der Waals surface area contributed by atoms with Crippen LogP contribution in [0.3, 0.4) is 0 Å². The summed E-state index contributed by atoms with van der Waals surface area (Å²) < 4.78 is 5.51. The molecule has 0 bridgehead atoms. The topological polar surface area (TPSA) is 87.7 Å². The lowest BCUT2D eigenvalue weighted by Gasteiger charge is -2.39. The van der Waals surface area contributed by atoms with E-state index in [2.05, 4.69) is 17.2 Å². The van der Waals surface area contributed by atoms with E-state index in [0.29, 0.717) is 24.1 Å². The first kappa shape index (κ1) is 32.4. The number of nitrogens with one attached hydrogen (secondary N) is 2. The second-order valence-electron chi connectivity index (χ2n) is 11.8. The van der Waals surface area contributed by atoms with Crippen molar-refractivity contribution in [3.63, 3.8) is 0 Å². The standard InChI is InChI=1S/C35H45N3O4/c1-9-23(4)30(37-34(41)42-35(6,7)8)33(40)38(24(5)10-2)31(28-18-14-15-25(11-3)21-28)32(39)36-29-20-19-26-16-12-13-17-27(26)22-29/h11-24,30-31H,3,9-10H2,1-2,4-8H3,(H,36,39)(H,37,41). The van der Waals surface area contributed by atoms with E-state index >= 15 is 0 Å². The minimum absolute atomic E-state index is 0.208. The minimum Gasteiger partial charge on any atom is -0.444 e. The molecule has 0 spiro atoms. The maximum atomic E-state index is 14.5. The van der Waals surface area contributed by atoms with Crippen molar-refractivity contribution in [3.05, 3.63) is 84.4 Å². The van der Waals surface area contributed by atoms with Crippen molar-refractivity contribution in [1.82, 2.24) is 10.2 Å². The Balaban J connectivity index is 2.09. The van der Waals surface area contributed by atoms with Gasteiger partial charge in [-0.3, -0.25) is 9.59 Å². The number of ether oxygens (including phenoxy) is 1. The normalized spacial score (nSPS) is 14.3. The summed E-state index contributed by atoms with van der Waals surface area (Å²) in [7, 11) is 0. The third-order valence-electron chi connectivity index (χ3n) is 7.48. The van der Waals surface area contributed by atoms with Crippen LogP contribution in [0.1, 0.15) is 78.5 Å². The molecule has 42 heavy (non-hydrogen) atoms. The SMILES string of the molecule is C=Cc1cccc(C(C(=O)Nc2ccc3ccccc3c2)N(C(=O)C(NC(=O)OC(C)(C)C)C(C)CC)C(C)CC)c1. The second kappa shape index (κ2) is 14.2. The molecule has 0 saturated carbocycles. The third-order valence-corrected chi connectivity index (χ3v) is 7.48. The number of rotatable bonds is 11. The van der Waals surface area contributed by atoms with Crippen molar-refractivity contribution in [1.29, 1.82) is 0 Å². The first-order valence-electron chi connectivity index (χ1n) is 14.7. The van der Waals surface area contributed by atoms with Gasteiger partial charge in [0.05, 0.1) is 0 Å². The van der Waals surface area contributed by atoms with Gasteiger partial charge in [-0.25, -0.2) is 4.79 Å². The molecule has 0 aliphatic rings. The van der Waals surface area contributed by atoms with Crippen molar-refractivity contribution in [2.75, 3.05) is 5.32 Å². The van der Waals surface area contributed by atoms with Crippen LogP contribution in [0, 0.1) is 5.92 Å². The summed E-state index contributed by atoms with van der Waals surface area (Å²) in [5, 5.41) is 7.94. The maximum absolute atomic E-state index is 14.5. The van der Waals surface area contributed by atoms with Crippen LogP contribution < -0.4 is 10.6 Å². The summed E-state index contributed by atoms with van der Waals surface area (Å²) >= 11 is 0. The minimum atomic E-state index is -0.967. The van der Waals surface area contributed by atoms with Crippen LogP contribution in [-0.4, -0.2) is 40.5 Å². The number of fused-ring (bicyclic) bond motifs is 1. The molecule has 0 radical (unpaired) electrons. The molecular weight excluding hydrogens is 526 g/mol. The van der Waals surface area contributed by atoms with E-state index < -0.39 is 23.8 Å². The molecule has 3 aromatic rings. The van der Waals surface area contributed by atoms with Gasteiger partial charge in [0.15, 0.2) is 0 Å². The molecule has 0 aliphatic carbocycles. The molecule has 4 unspecified atom stereocenters. The smallest absolute Gasteiger partial charge is 0.408 e. The number of carbonyl (C=O) groups is 3. The number of carbonyl (C=O) groups excluding carboxylic acids is 3. The molecule has 4 atom stereocenters. The van der Waals surface area contributed by atoms with Crippen molar-refractivity contribution in [2.45, 2.75) is 85.0 Å². The number of benzene rings is 3. The summed E-state index contributed by atoms with van der Waals surface area (Å²) in [4.78, 5) is 43.2. The zero-order valence-electron chi connectivity index (χ0n) is 25.9. The van der Waals surface area contributed by atoms with Crippen LogP contribution >= 0.6 is 0 Å². The van der Waals surface area contributed by atoms with Gasteiger partial charge >= 0.3 is 6.09 Å². The number of hydrogen-bond donors (Lipinski definition) is 2. The molecule has 7 nitrogen and oxygen atoms in total. The maximum Gasteiger partial charge on any atom is 0.408 e. The molecule has 3 amide bonds. The Morgan fingerprint density at radius 3 is 2.24 bits per heavy atom. The monoisotopic (exact) mass is 571 g/mol. The van der Waals surface area contributed by atoms with Gasteiger partial charge in [-0.15, -0.1) is 0 Å². The van der Waals surface area contributed by atoms with Crippen molar-refractivity contribution in [2.24, 2.45) is 5.92 Å². The Morgan fingerprint density at radius 2 is 1.62 bits per heavy atom. The Kier molecular flexibility index (Phi) is 10.9. The zero-order chi connectivity index (χ0) is 31.0. The van der Waals surface area contributed by atoms with Crippen LogP contribution in [0.25, 0.3) is 16.8 Å². The lowest BCUT2D eigenvalue weighted by atomic mass is 9.93. The van der Waals surface area contributed by atoms with Gasteiger partial charge in [0.2, 0.25) is 5.91 Å². The van der Waals surface area contributed by atoms with Crippen molar-refractivity contribution >= 4 is 40.4 Å². The first-order valence-corrected chi connectivity index (χ1v) is 14.7. The fourth-order valence-corrected chi connectivity index (χ4v) is 4.85. The van der Waals surface area contributed by atoms with Crippen LogP contribution in [0.2, 0.25) is 0 Å². The number of hydrogen-bond acceptors (Lipinski definition) is 4. The highest BCUT2D eigenvalue weighted by atomic mass is 16.6. The predicted octanol–water partition coefficient (Wildman–Crippen LogP) is 7.73. The van der Waals surface area contributed by atoms with Gasteiger partial charge in [-0.2, -0.15) is 0 Å². The van der Waals surface area contributed by atoms with E-state index in [1.165, 1.54) is 0 Å². The van der Waals surface area contributed by atoms with Crippen molar-refractivity contribution < 1.29 is 19.1 Å². The average Bonchev–Trinajstić information content (AvgIpc) is 2.96. The molecule has 0 fully saturated rings. The highest BCUT2D eigenvalue weighted by Gasteiger charge is 2.40. The molecule has 2 N–H and O–H groups in total.